The number of anilines is 1. The van der Waals surface area contributed by atoms with E-state index in [0.29, 0.717) is 18.8 Å². The molecule has 0 radical (unpaired) electrons. The highest BCUT2D eigenvalue weighted by molar-refractivity contribution is 5.60. The molecule has 0 aromatic heterocycles. The Morgan fingerprint density at radius 3 is 2.62 bits per heavy atom. The second-order valence-corrected chi connectivity index (χ2v) is 3.89. The molecule has 2 N–H and O–H groups in total. The second-order valence-electron chi connectivity index (χ2n) is 3.89. The Labute approximate surface area is 92.1 Å². The van der Waals surface area contributed by atoms with Crippen molar-refractivity contribution in [2.75, 3.05) is 18.0 Å². The molecular formula is C11H11F2N3. The Bertz CT molecular complexity index is 453. The summed E-state index contributed by atoms with van der Waals surface area (Å²) in [7, 11) is 0. The van der Waals surface area contributed by atoms with E-state index in [1.54, 1.807) is 0 Å². The third-order valence-corrected chi connectivity index (χ3v) is 2.72. The van der Waals surface area contributed by atoms with Crippen molar-refractivity contribution in [3.05, 3.63) is 29.3 Å². The predicted molar refractivity (Wildman–Crippen MR) is 55.9 cm³/mol. The average Bonchev–Trinajstić information content (AvgIpc) is 2.68. The molecule has 1 aliphatic heterocycles. The summed E-state index contributed by atoms with van der Waals surface area (Å²) in [5, 5.41) is 8.86. The largest absolute Gasteiger partial charge is 0.369 e. The molecule has 1 aromatic rings. The summed E-state index contributed by atoms with van der Waals surface area (Å²) in [5.74, 6) is -1.93. The summed E-state index contributed by atoms with van der Waals surface area (Å²) in [6.45, 7) is 1.24. The fourth-order valence-electron chi connectivity index (χ4n) is 1.89. The summed E-state index contributed by atoms with van der Waals surface area (Å²) in [5.41, 5.74) is 6.30. The summed E-state index contributed by atoms with van der Waals surface area (Å²) in [6.07, 6.45) is 0.796. The van der Waals surface area contributed by atoms with E-state index in [2.05, 4.69) is 0 Å². The smallest absolute Gasteiger partial charge is 0.160 e. The predicted octanol–water partition coefficient (Wildman–Crippen LogP) is 1.37. The molecule has 1 atom stereocenters. The first kappa shape index (κ1) is 10.8. The van der Waals surface area contributed by atoms with Gasteiger partial charge in [-0.05, 0) is 12.5 Å². The van der Waals surface area contributed by atoms with Crippen LogP contribution in [0.15, 0.2) is 12.1 Å². The highest BCUT2D eigenvalue weighted by atomic mass is 19.2. The van der Waals surface area contributed by atoms with Crippen molar-refractivity contribution >= 4 is 5.69 Å². The fourth-order valence-corrected chi connectivity index (χ4v) is 1.89. The lowest BCUT2D eigenvalue weighted by molar-refractivity contribution is 0.508. The molecule has 1 saturated heterocycles. The first-order chi connectivity index (χ1) is 7.61. The lowest BCUT2D eigenvalue weighted by Crippen LogP contribution is -2.27. The van der Waals surface area contributed by atoms with Crippen LogP contribution in [0, 0.1) is 23.0 Å². The zero-order valence-corrected chi connectivity index (χ0v) is 8.58. The summed E-state index contributed by atoms with van der Waals surface area (Å²) in [6, 6.07) is 3.88. The number of nitriles is 1. The maximum Gasteiger partial charge on any atom is 0.160 e. The van der Waals surface area contributed by atoms with E-state index in [1.165, 1.54) is 0 Å². The number of benzene rings is 1. The van der Waals surface area contributed by atoms with E-state index in [9.17, 15) is 8.78 Å². The van der Waals surface area contributed by atoms with E-state index >= 15 is 0 Å². The van der Waals surface area contributed by atoms with Gasteiger partial charge in [0.2, 0.25) is 0 Å². The highest BCUT2D eigenvalue weighted by Gasteiger charge is 2.22. The molecule has 1 aliphatic rings. The van der Waals surface area contributed by atoms with E-state index in [-0.39, 0.29) is 11.6 Å². The van der Waals surface area contributed by atoms with Gasteiger partial charge in [-0.2, -0.15) is 5.26 Å². The Morgan fingerprint density at radius 1 is 1.38 bits per heavy atom. The van der Waals surface area contributed by atoms with Crippen LogP contribution in [0.5, 0.6) is 0 Å². The molecule has 84 valence electrons. The summed E-state index contributed by atoms with van der Waals surface area (Å²) in [4.78, 5) is 1.81. The number of hydrogen-bond acceptors (Lipinski definition) is 3. The van der Waals surface area contributed by atoms with Crippen LogP contribution in [0.2, 0.25) is 0 Å². The minimum Gasteiger partial charge on any atom is -0.369 e. The van der Waals surface area contributed by atoms with Crippen molar-refractivity contribution in [2.45, 2.75) is 12.5 Å². The zero-order valence-electron chi connectivity index (χ0n) is 8.58. The number of nitrogens with zero attached hydrogens (tertiary/aromatic N) is 2. The second kappa shape index (κ2) is 4.06. The Morgan fingerprint density at radius 2 is 2.06 bits per heavy atom. The number of hydrogen-bond donors (Lipinski definition) is 1. The van der Waals surface area contributed by atoms with E-state index < -0.39 is 11.6 Å². The lowest BCUT2D eigenvalue weighted by Gasteiger charge is -2.19. The monoisotopic (exact) mass is 223 g/mol. The van der Waals surface area contributed by atoms with Crippen molar-refractivity contribution in [3.63, 3.8) is 0 Å². The van der Waals surface area contributed by atoms with Crippen LogP contribution in [0.3, 0.4) is 0 Å². The quantitative estimate of drug-likeness (QED) is 0.782. The molecule has 0 amide bonds. The molecular weight excluding hydrogens is 212 g/mol. The van der Waals surface area contributed by atoms with Gasteiger partial charge in [0, 0.05) is 25.2 Å². The van der Waals surface area contributed by atoms with Gasteiger partial charge in [0.1, 0.15) is 6.07 Å². The van der Waals surface area contributed by atoms with Gasteiger partial charge in [0.15, 0.2) is 11.6 Å². The first-order valence-corrected chi connectivity index (χ1v) is 5.01. The molecule has 1 heterocycles. The summed E-state index contributed by atoms with van der Waals surface area (Å²) >= 11 is 0. The minimum absolute atomic E-state index is 0.0275. The van der Waals surface area contributed by atoms with Crippen LogP contribution in [0.4, 0.5) is 14.5 Å². The minimum atomic E-state index is -0.996. The van der Waals surface area contributed by atoms with Gasteiger partial charge in [0.05, 0.1) is 11.3 Å². The molecule has 0 bridgehead atoms. The van der Waals surface area contributed by atoms with E-state index in [4.69, 9.17) is 11.0 Å². The summed E-state index contributed by atoms with van der Waals surface area (Å²) < 4.78 is 26.0. The SMILES string of the molecule is N#Cc1cc(F)c(F)cc1N1CCC(N)C1. The third-order valence-electron chi connectivity index (χ3n) is 2.72. The van der Waals surface area contributed by atoms with Gasteiger partial charge in [-0.3, -0.25) is 0 Å². The lowest BCUT2D eigenvalue weighted by atomic mass is 10.1. The van der Waals surface area contributed by atoms with Gasteiger partial charge in [-0.25, -0.2) is 8.78 Å². The topological polar surface area (TPSA) is 53.0 Å². The van der Waals surface area contributed by atoms with Crippen molar-refractivity contribution in [2.24, 2.45) is 5.73 Å². The van der Waals surface area contributed by atoms with Gasteiger partial charge in [-0.1, -0.05) is 0 Å². The zero-order chi connectivity index (χ0) is 11.7. The van der Waals surface area contributed by atoms with Gasteiger partial charge in [0.25, 0.3) is 0 Å². The van der Waals surface area contributed by atoms with Crippen LogP contribution in [-0.2, 0) is 0 Å². The maximum absolute atomic E-state index is 13.1. The molecule has 1 aromatic carbocycles. The van der Waals surface area contributed by atoms with E-state index in [0.717, 1.165) is 18.6 Å². The molecule has 0 spiro atoms. The molecule has 3 nitrogen and oxygen atoms in total. The molecule has 0 aliphatic carbocycles. The highest BCUT2D eigenvalue weighted by Crippen LogP contribution is 2.26. The normalized spacial score (nSPS) is 19.9. The van der Waals surface area contributed by atoms with Crippen LogP contribution in [0.1, 0.15) is 12.0 Å². The standard InChI is InChI=1S/C11H11F2N3/c12-9-3-7(5-14)11(4-10(9)13)16-2-1-8(15)6-16/h3-4,8H,1-2,6,15H2. The molecule has 5 heteroatoms. The first-order valence-electron chi connectivity index (χ1n) is 5.01. The molecule has 0 saturated carbocycles. The van der Waals surface area contributed by atoms with Crippen molar-refractivity contribution in [1.29, 1.82) is 5.26 Å². The van der Waals surface area contributed by atoms with Crippen molar-refractivity contribution in [1.82, 2.24) is 0 Å². The molecule has 16 heavy (non-hydrogen) atoms. The van der Waals surface area contributed by atoms with Crippen LogP contribution >= 0.6 is 0 Å². The van der Waals surface area contributed by atoms with E-state index in [1.807, 2.05) is 11.0 Å². The Balaban J connectivity index is 2.40. The molecule has 1 unspecified atom stereocenters. The fraction of sp³-hybridized carbons (Fsp3) is 0.364. The third kappa shape index (κ3) is 1.84. The Kier molecular flexibility index (Phi) is 2.75. The Hall–Kier alpha value is -1.67. The van der Waals surface area contributed by atoms with Crippen LogP contribution in [0.25, 0.3) is 0 Å². The molecule has 1 fully saturated rings. The molecule has 2 rings (SSSR count). The average molecular weight is 223 g/mol. The number of nitrogens with two attached hydrogens (primary N) is 1. The number of halogens is 2. The maximum atomic E-state index is 13.1. The van der Waals surface area contributed by atoms with Crippen molar-refractivity contribution < 1.29 is 8.78 Å². The van der Waals surface area contributed by atoms with Gasteiger partial charge >= 0.3 is 0 Å². The van der Waals surface area contributed by atoms with Crippen LogP contribution in [-0.4, -0.2) is 19.1 Å². The number of rotatable bonds is 1. The van der Waals surface area contributed by atoms with Gasteiger partial charge < -0.3 is 10.6 Å². The van der Waals surface area contributed by atoms with Gasteiger partial charge in [-0.15, -0.1) is 0 Å². The van der Waals surface area contributed by atoms with Crippen LogP contribution < -0.4 is 10.6 Å². The van der Waals surface area contributed by atoms with Crippen molar-refractivity contribution in [3.8, 4) is 6.07 Å².